The maximum Gasteiger partial charge on any atom is 0.215 e. The van der Waals surface area contributed by atoms with Crippen LogP contribution in [-0.2, 0) is 10.0 Å². The third-order valence-electron chi connectivity index (χ3n) is 3.11. The average Bonchev–Trinajstić information content (AvgIpc) is 2.63. The van der Waals surface area contributed by atoms with E-state index in [-0.39, 0.29) is 11.3 Å². The Balaban J connectivity index is 2.39. The van der Waals surface area contributed by atoms with Crippen LogP contribution < -0.4 is 10.0 Å². The van der Waals surface area contributed by atoms with Crippen molar-refractivity contribution >= 4 is 10.0 Å². The highest BCUT2D eigenvalue weighted by Gasteiger charge is 2.27. The number of nitrogens with zero attached hydrogens (tertiary/aromatic N) is 1. The van der Waals surface area contributed by atoms with E-state index >= 15 is 0 Å². The zero-order valence-electron chi connectivity index (χ0n) is 11.1. The molecule has 17 heavy (non-hydrogen) atoms. The predicted octanol–water partition coefficient (Wildman–Crippen LogP) is -0.00200. The molecule has 5 nitrogen and oxygen atoms in total. The number of hydrogen-bond acceptors (Lipinski definition) is 4. The molecule has 1 aliphatic heterocycles. The first-order valence-corrected chi connectivity index (χ1v) is 7.90. The van der Waals surface area contributed by atoms with Gasteiger partial charge in [0, 0.05) is 19.1 Å². The van der Waals surface area contributed by atoms with Crippen molar-refractivity contribution in [3.8, 4) is 0 Å². The molecule has 0 aromatic rings. The van der Waals surface area contributed by atoms with Crippen molar-refractivity contribution in [2.45, 2.75) is 38.0 Å². The highest BCUT2D eigenvalue weighted by atomic mass is 32.2. The topological polar surface area (TPSA) is 61.4 Å². The number of rotatable bonds is 7. The molecule has 0 amide bonds. The minimum Gasteiger partial charge on any atom is -0.315 e. The number of sulfonamides is 1. The van der Waals surface area contributed by atoms with Gasteiger partial charge in [0.05, 0.1) is 5.25 Å². The second-order valence-electron chi connectivity index (χ2n) is 4.93. The SMILES string of the molecule is CCCNCC(C)S(=O)(=O)NC1CCN(C)C1. The quantitative estimate of drug-likeness (QED) is 0.635. The van der Waals surface area contributed by atoms with Crippen LogP contribution in [0.1, 0.15) is 26.7 Å². The zero-order chi connectivity index (χ0) is 12.9. The maximum absolute atomic E-state index is 12.0. The Bertz CT molecular complexity index is 319. The first-order chi connectivity index (χ1) is 7.95. The van der Waals surface area contributed by atoms with Gasteiger partial charge >= 0.3 is 0 Å². The van der Waals surface area contributed by atoms with Gasteiger partial charge in [-0.25, -0.2) is 13.1 Å². The van der Waals surface area contributed by atoms with Crippen LogP contribution in [-0.4, -0.2) is 57.8 Å². The third kappa shape index (κ3) is 4.91. The lowest BCUT2D eigenvalue weighted by molar-refractivity contribution is 0.406. The van der Waals surface area contributed by atoms with Crippen molar-refractivity contribution in [1.29, 1.82) is 0 Å². The number of nitrogens with one attached hydrogen (secondary N) is 2. The van der Waals surface area contributed by atoms with Crippen LogP contribution in [0, 0.1) is 0 Å². The number of likely N-dealkylation sites (tertiary alicyclic amines) is 1. The van der Waals surface area contributed by atoms with E-state index in [9.17, 15) is 8.42 Å². The summed E-state index contributed by atoms with van der Waals surface area (Å²) in [7, 11) is -1.17. The van der Waals surface area contributed by atoms with Crippen LogP contribution in [0.25, 0.3) is 0 Å². The summed E-state index contributed by atoms with van der Waals surface area (Å²) >= 11 is 0. The summed E-state index contributed by atoms with van der Waals surface area (Å²) in [6.45, 7) is 6.99. The molecule has 0 saturated carbocycles. The minimum atomic E-state index is -3.19. The van der Waals surface area contributed by atoms with Crippen molar-refractivity contribution in [2.75, 3.05) is 33.2 Å². The monoisotopic (exact) mass is 263 g/mol. The minimum absolute atomic E-state index is 0.0821. The summed E-state index contributed by atoms with van der Waals surface area (Å²) < 4.78 is 26.8. The Morgan fingerprint density at radius 2 is 2.18 bits per heavy atom. The fraction of sp³-hybridized carbons (Fsp3) is 1.00. The van der Waals surface area contributed by atoms with E-state index in [0.717, 1.165) is 32.5 Å². The fourth-order valence-corrected chi connectivity index (χ4v) is 3.20. The first-order valence-electron chi connectivity index (χ1n) is 6.36. The van der Waals surface area contributed by atoms with Gasteiger partial charge in [-0.1, -0.05) is 6.92 Å². The van der Waals surface area contributed by atoms with Crippen molar-refractivity contribution in [3.05, 3.63) is 0 Å². The van der Waals surface area contributed by atoms with Gasteiger partial charge in [0.25, 0.3) is 0 Å². The standard InChI is InChI=1S/C11H25N3O2S/c1-4-6-12-8-10(2)17(15,16)13-11-5-7-14(3)9-11/h10-13H,4-9H2,1-3H3. The number of likely N-dealkylation sites (N-methyl/N-ethyl adjacent to an activating group) is 1. The van der Waals surface area contributed by atoms with E-state index in [1.165, 1.54) is 0 Å². The second-order valence-corrected chi connectivity index (χ2v) is 7.06. The van der Waals surface area contributed by atoms with Crippen LogP contribution in [0.5, 0.6) is 0 Å². The molecule has 1 heterocycles. The van der Waals surface area contributed by atoms with Crippen LogP contribution in [0.15, 0.2) is 0 Å². The lowest BCUT2D eigenvalue weighted by Crippen LogP contribution is -2.44. The molecule has 6 heteroatoms. The molecule has 2 N–H and O–H groups in total. The van der Waals surface area contributed by atoms with Crippen LogP contribution in [0.2, 0.25) is 0 Å². The van der Waals surface area contributed by atoms with Gasteiger partial charge in [0.2, 0.25) is 10.0 Å². The normalized spacial score (nSPS) is 24.1. The van der Waals surface area contributed by atoms with E-state index in [4.69, 9.17) is 0 Å². The zero-order valence-corrected chi connectivity index (χ0v) is 11.9. The Kier molecular flexibility index (Phi) is 5.85. The molecule has 0 bridgehead atoms. The Labute approximate surface area is 105 Å². The number of hydrogen-bond donors (Lipinski definition) is 2. The first kappa shape index (κ1) is 14.9. The third-order valence-corrected chi connectivity index (χ3v) is 5.00. The summed E-state index contributed by atoms with van der Waals surface area (Å²) in [5.74, 6) is 0. The van der Waals surface area contributed by atoms with E-state index in [0.29, 0.717) is 6.54 Å². The molecule has 2 unspecified atom stereocenters. The lowest BCUT2D eigenvalue weighted by Gasteiger charge is -2.18. The molecule has 102 valence electrons. The molecular formula is C11H25N3O2S. The van der Waals surface area contributed by atoms with Crippen molar-refractivity contribution < 1.29 is 8.42 Å². The van der Waals surface area contributed by atoms with Crippen LogP contribution in [0.3, 0.4) is 0 Å². The van der Waals surface area contributed by atoms with Gasteiger partial charge in [-0.05, 0) is 39.9 Å². The molecular weight excluding hydrogens is 238 g/mol. The summed E-state index contributed by atoms with van der Waals surface area (Å²) in [6, 6.07) is 0.0821. The summed E-state index contributed by atoms with van der Waals surface area (Å²) in [5, 5.41) is 2.77. The van der Waals surface area contributed by atoms with Gasteiger partial charge < -0.3 is 10.2 Å². The van der Waals surface area contributed by atoms with Crippen molar-refractivity contribution in [1.82, 2.24) is 14.9 Å². The lowest BCUT2D eigenvalue weighted by atomic mass is 10.3. The van der Waals surface area contributed by atoms with Gasteiger partial charge in [-0.15, -0.1) is 0 Å². The Hall–Kier alpha value is -0.170. The molecule has 0 radical (unpaired) electrons. The van der Waals surface area contributed by atoms with Gasteiger partial charge in [-0.2, -0.15) is 0 Å². The highest BCUT2D eigenvalue weighted by molar-refractivity contribution is 7.90. The van der Waals surface area contributed by atoms with E-state index < -0.39 is 10.0 Å². The summed E-state index contributed by atoms with van der Waals surface area (Å²) in [6.07, 6.45) is 1.93. The highest BCUT2D eigenvalue weighted by Crippen LogP contribution is 2.09. The van der Waals surface area contributed by atoms with Gasteiger partial charge in [0.15, 0.2) is 0 Å². The molecule has 0 aromatic heterocycles. The maximum atomic E-state index is 12.0. The fourth-order valence-electron chi connectivity index (χ4n) is 1.97. The summed E-state index contributed by atoms with van der Waals surface area (Å²) in [4.78, 5) is 2.15. The molecule has 1 rings (SSSR count). The Morgan fingerprint density at radius 3 is 2.71 bits per heavy atom. The predicted molar refractivity (Wildman–Crippen MR) is 70.6 cm³/mol. The van der Waals surface area contributed by atoms with Crippen molar-refractivity contribution in [2.24, 2.45) is 0 Å². The summed E-state index contributed by atoms with van der Waals surface area (Å²) in [5.41, 5.74) is 0. The van der Waals surface area contributed by atoms with E-state index in [1.54, 1.807) is 6.92 Å². The van der Waals surface area contributed by atoms with Gasteiger partial charge in [-0.3, -0.25) is 0 Å². The van der Waals surface area contributed by atoms with E-state index in [2.05, 4.69) is 21.9 Å². The molecule has 1 saturated heterocycles. The van der Waals surface area contributed by atoms with Crippen LogP contribution >= 0.6 is 0 Å². The molecule has 0 aromatic carbocycles. The molecule has 1 aliphatic rings. The van der Waals surface area contributed by atoms with Gasteiger partial charge in [0.1, 0.15) is 0 Å². The molecule has 1 fully saturated rings. The smallest absolute Gasteiger partial charge is 0.215 e. The van der Waals surface area contributed by atoms with E-state index in [1.807, 2.05) is 7.05 Å². The second kappa shape index (κ2) is 6.68. The molecule has 0 spiro atoms. The Morgan fingerprint density at radius 1 is 1.47 bits per heavy atom. The average molecular weight is 263 g/mol. The van der Waals surface area contributed by atoms with Crippen LogP contribution in [0.4, 0.5) is 0 Å². The van der Waals surface area contributed by atoms with Crippen molar-refractivity contribution in [3.63, 3.8) is 0 Å². The molecule has 0 aliphatic carbocycles. The molecule has 2 atom stereocenters. The largest absolute Gasteiger partial charge is 0.315 e.